The summed E-state index contributed by atoms with van der Waals surface area (Å²) in [5.74, 6) is -26.2. The lowest BCUT2D eigenvalue weighted by molar-refractivity contribution is -0.318. The SMILES string of the molecule is CCC(F)(F)CC(F)(F)CC(F)(F)C(F)(F)C(C)(F)F. The fraction of sp³-hybridized carbons (Fsp3) is 1.00. The van der Waals surface area contributed by atoms with Crippen molar-refractivity contribution in [2.45, 2.75) is 62.7 Å². The predicted octanol–water partition coefficient (Wildman–Crippen LogP) is 5.37. The minimum absolute atomic E-state index is 0.570. The Morgan fingerprint density at radius 3 is 1.35 bits per heavy atom. The third-order valence-electron chi connectivity index (χ3n) is 2.53. The van der Waals surface area contributed by atoms with Crippen molar-refractivity contribution in [2.24, 2.45) is 0 Å². The molecule has 0 aliphatic carbocycles. The predicted molar refractivity (Wildman–Crippen MR) is 49.9 cm³/mol. The lowest BCUT2D eigenvalue weighted by Gasteiger charge is -2.33. The van der Waals surface area contributed by atoms with Gasteiger partial charge >= 0.3 is 17.8 Å². The molecule has 0 aromatic carbocycles. The molecule has 0 spiro atoms. The van der Waals surface area contributed by atoms with Crippen LogP contribution in [0.2, 0.25) is 0 Å². The maximum atomic E-state index is 13.0. The van der Waals surface area contributed by atoms with E-state index in [2.05, 4.69) is 0 Å². The van der Waals surface area contributed by atoms with Crippen LogP contribution in [0.1, 0.15) is 33.1 Å². The van der Waals surface area contributed by atoms with Crippen LogP contribution in [-0.4, -0.2) is 29.6 Å². The van der Waals surface area contributed by atoms with E-state index in [1.54, 1.807) is 0 Å². The minimum atomic E-state index is -6.08. The van der Waals surface area contributed by atoms with E-state index in [-0.39, 0.29) is 0 Å². The highest BCUT2D eigenvalue weighted by molar-refractivity contribution is 4.97. The van der Waals surface area contributed by atoms with Crippen LogP contribution in [0.15, 0.2) is 0 Å². The lowest BCUT2D eigenvalue weighted by Crippen LogP contribution is -2.55. The Labute approximate surface area is 108 Å². The van der Waals surface area contributed by atoms with Gasteiger partial charge in [0.1, 0.15) is 0 Å². The average molecular weight is 322 g/mol. The Balaban J connectivity index is 5.19. The average Bonchev–Trinajstić information content (AvgIpc) is 2.11. The van der Waals surface area contributed by atoms with Crippen molar-refractivity contribution in [1.82, 2.24) is 0 Å². The maximum absolute atomic E-state index is 13.0. The fourth-order valence-corrected chi connectivity index (χ4v) is 1.32. The monoisotopic (exact) mass is 322 g/mol. The largest absolute Gasteiger partial charge is 0.371 e. The molecule has 0 saturated carbocycles. The van der Waals surface area contributed by atoms with Crippen molar-refractivity contribution in [3.05, 3.63) is 0 Å². The quantitative estimate of drug-likeness (QED) is 0.553. The number of rotatable bonds is 7. The highest BCUT2D eigenvalue weighted by atomic mass is 19.3. The van der Waals surface area contributed by atoms with Gasteiger partial charge in [0.25, 0.3) is 11.8 Å². The lowest BCUT2D eigenvalue weighted by atomic mass is 9.95. The van der Waals surface area contributed by atoms with E-state index in [1.807, 2.05) is 0 Å². The summed E-state index contributed by atoms with van der Waals surface area (Å²) in [5, 5.41) is 0. The van der Waals surface area contributed by atoms with Gasteiger partial charge in [-0.05, 0) is 0 Å². The number of halogens is 10. The molecule has 20 heavy (non-hydrogen) atoms. The second kappa shape index (κ2) is 5.25. The summed E-state index contributed by atoms with van der Waals surface area (Å²) in [7, 11) is 0. The first-order valence-corrected chi connectivity index (χ1v) is 5.36. The smallest absolute Gasteiger partial charge is 0.207 e. The molecule has 0 nitrogen and oxygen atoms in total. The van der Waals surface area contributed by atoms with Crippen LogP contribution in [0.25, 0.3) is 0 Å². The fourth-order valence-electron chi connectivity index (χ4n) is 1.32. The molecule has 0 heterocycles. The maximum Gasteiger partial charge on any atom is 0.371 e. The highest BCUT2D eigenvalue weighted by Gasteiger charge is 2.71. The molecule has 0 fully saturated rings. The van der Waals surface area contributed by atoms with Gasteiger partial charge in [0.15, 0.2) is 0 Å². The molecule has 10 heteroatoms. The molecular weight excluding hydrogens is 310 g/mol. The van der Waals surface area contributed by atoms with Gasteiger partial charge < -0.3 is 0 Å². The van der Waals surface area contributed by atoms with Crippen molar-refractivity contribution in [1.29, 1.82) is 0 Å². The normalized spacial score (nSPS) is 15.6. The van der Waals surface area contributed by atoms with Crippen LogP contribution < -0.4 is 0 Å². The molecule has 0 aromatic rings. The first-order chi connectivity index (χ1) is 8.47. The first kappa shape index (κ1) is 19.3. The summed E-state index contributed by atoms with van der Waals surface area (Å²) in [6, 6.07) is 0. The van der Waals surface area contributed by atoms with Crippen LogP contribution in [-0.2, 0) is 0 Å². The van der Waals surface area contributed by atoms with E-state index in [0.717, 1.165) is 6.92 Å². The molecule has 0 aliphatic rings. The zero-order valence-electron chi connectivity index (χ0n) is 10.4. The molecule has 122 valence electrons. The summed E-state index contributed by atoms with van der Waals surface area (Å²) in [5.41, 5.74) is 0. The summed E-state index contributed by atoms with van der Waals surface area (Å²) in [6.07, 6.45) is -6.64. The van der Waals surface area contributed by atoms with Crippen LogP contribution in [0.5, 0.6) is 0 Å². The van der Waals surface area contributed by atoms with Gasteiger partial charge in [-0.25, -0.2) is 17.6 Å². The molecule has 0 N–H and O–H groups in total. The van der Waals surface area contributed by atoms with Crippen LogP contribution >= 0.6 is 0 Å². The number of hydrogen-bond donors (Lipinski definition) is 0. The summed E-state index contributed by atoms with van der Waals surface area (Å²) < 4.78 is 127. The van der Waals surface area contributed by atoms with Crippen molar-refractivity contribution in [2.75, 3.05) is 0 Å². The van der Waals surface area contributed by atoms with E-state index in [4.69, 9.17) is 0 Å². The molecule has 0 bridgehead atoms. The standard InChI is InChI=1S/C10H12F10/c1-3-7(13,14)4-8(15,16)5-9(17,18)10(19,20)6(2,11)12/h3-5H2,1-2H3. The Bertz CT molecular complexity index is 327. The number of hydrogen-bond acceptors (Lipinski definition) is 0. The summed E-state index contributed by atoms with van der Waals surface area (Å²) >= 11 is 0. The molecule has 0 rings (SSSR count). The van der Waals surface area contributed by atoms with Gasteiger partial charge in [0, 0.05) is 13.3 Å². The molecule has 0 aromatic heterocycles. The van der Waals surface area contributed by atoms with Crippen LogP contribution in [0.4, 0.5) is 43.9 Å². The first-order valence-electron chi connectivity index (χ1n) is 5.36. The van der Waals surface area contributed by atoms with Gasteiger partial charge in [-0.3, -0.25) is 0 Å². The van der Waals surface area contributed by atoms with E-state index in [1.165, 1.54) is 0 Å². The summed E-state index contributed by atoms with van der Waals surface area (Å²) in [4.78, 5) is 0. The Morgan fingerprint density at radius 2 is 1.05 bits per heavy atom. The van der Waals surface area contributed by atoms with Gasteiger partial charge in [-0.1, -0.05) is 6.92 Å². The van der Waals surface area contributed by atoms with Gasteiger partial charge in [0.2, 0.25) is 0 Å². The van der Waals surface area contributed by atoms with E-state index < -0.39 is 55.8 Å². The van der Waals surface area contributed by atoms with Crippen molar-refractivity contribution < 1.29 is 43.9 Å². The molecule has 0 atom stereocenters. The Hall–Kier alpha value is -0.700. The minimum Gasteiger partial charge on any atom is -0.207 e. The molecule has 0 saturated heterocycles. The molecular formula is C10H12F10. The van der Waals surface area contributed by atoms with Crippen molar-refractivity contribution >= 4 is 0 Å². The van der Waals surface area contributed by atoms with Crippen LogP contribution in [0.3, 0.4) is 0 Å². The molecule has 0 aliphatic heterocycles. The zero-order chi connectivity index (χ0) is 16.6. The number of alkyl halides is 10. The Kier molecular flexibility index (Phi) is 5.07. The molecule has 0 amide bonds. The third-order valence-corrected chi connectivity index (χ3v) is 2.53. The van der Waals surface area contributed by atoms with E-state index >= 15 is 0 Å². The zero-order valence-corrected chi connectivity index (χ0v) is 10.4. The van der Waals surface area contributed by atoms with Crippen molar-refractivity contribution in [3.8, 4) is 0 Å². The second-order valence-corrected chi connectivity index (χ2v) is 4.59. The van der Waals surface area contributed by atoms with Gasteiger partial charge in [0.05, 0.1) is 12.8 Å². The van der Waals surface area contributed by atoms with Crippen molar-refractivity contribution in [3.63, 3.8) is 0 Å². The van der Waals surface area contributed by atoms with Gasteiger partial charge in [-0.15, -0.1) is 0 Å². The molecule has 0 radical (unpaired) electrons. The van der Waals surface area contributed by atoms with Crippen LogP contribution in [0, 0.1) is 0 Å². The highest BCUT2D eigenvalue weighted by Crippen LogP contribution is 2.51. The third kappa shape index (κ3) is 4.41. The molecule has 0 unspecified atom stereocenters. The van der Waals surface area contributed by atoms with Gasteiger partial charge in [-0.2, -0.15) is 26.3 Å². The summed E-state index contributed by atoms with van der Waals surface area (Å²) in [6.45, 7) is 0.211. The Morgan fingerprint density at radius 1 is 0.650 bits per heavy atom. The second-order valence-electron chi connectivity index (χ2n) is 4.59. The van der Waals surface area contributed by atoms with E-state index in [0.29, 0.717) is 0 Å². The van der Waals surface area contributed by atoms with E-state index in [9.17, 15) is 43.9 Å². The topological polar surface area (TPSA) is 0 Å².